The van der Waals surface area contributed by atoms with E-state index in [1.54, 1.807) is 86.0 Å². The SMILES string of the molecule is COc1ccc(C2=N/C(=C\c3ccc(OC(=O)c4ccc(Cl)cc4)cc3)C(=O)O2)cc1. The minimum Gasteiger partial charge on any atom is -0.497 e. The molecule has 0 atom stereocenters. The van der Waals surface area contributed by atoms with E-state index < -0.39 is 11.9 Å². The van der Waals surface area contributed by atoms with Crippen molar-refractivity contribution in [3.63, 3.8) is 0 Å². The maximum absolute atomic E-state index is 12.2. The highest BCUT2D eigenvalue weighted by atomic mass is 35.5. The number of benzene rings is 3. The standard InChI is InChI=1S/C24H16ClNO5/c1-29-19-12-6-16(7-13-19)22-26-21(24(28)31-22)14-15-2-10-20(11-3-15)30-23(27)17-4-8-18(25)9-5-17/h2-14H,1H3/b21-14-. The van der Waals surface area contributed by atoms with E-state index in [1.807, 2.05) is 0 Å². The summed E-state index contributed by atoms with van der Waals surface area (Å²) in [6.07, 6.45) is 1.60. The average Bonchev–Trinajstić information content (AvgIpc) is 3.15. The topological polar surface area (TPSA) is 74.2 Å². The fourth-order valence-electron chi connectivity index (χ4n) is 2.81. The zero-order chi connectivity index (χ0) is 21.8. The summed E-state index contributed by atoms with van der Waals surface area (Å²) in [7, 11) is 1.58. The summed E-state index contributed by atoms with van der Waals surface area (Å²) in [6.45, 7) is 0. The maximum Gasteiger partial charge on any atom is 0.363 e. The molecule has 0 amide bonds. The summed E-state index contributed by atoms with van der Waals surface area (Å²) in [5.41, 5.74) is 1.95. The van der Waals surface area contributed by atoms with Gasteiger partial charge in [0.05, 0.1) is 12.7 Å². The van der Waals surface area contributed by atoms with Gasteiger partial charge in [-0.15, -0.1) is 0 Å². The first-order valence-electron chi connectivity index (χ1n) is 9.26. The van der Waals surface area contributed by atoms with E-state index in [4.69, 9.17) is 25.8 Å². The Hall–Kier alpha value is -3.90. The molecule has 31 heavy (non-hydrogen) atoms. The van der Waals surface area contributed by atoms with Gasteiger partial charge in [-0.25, -0.2) is 14.6 Å². The van der Waals surface area contributed by atoms with Crippen molar-refractivity contribution in [2.24, 2.45) is 4.99 Å². The van der Waals surface area contributed by atoms with Crippen LogP contribution in [0.5, 0.6) is 11.5 Å². The van der Waals surface area contributed by atoms with Crippen LogP contribution in [0.25, 0.3) is 6.08 Å². The van der Waals surface area contributed by atoms with E-state index in [9.17, 15) is 9.59 Å². The molecule has 0 fully saturated rings. The zero-order valence-corrected chi connectivity index (χ0v) is 17.1. The monoisotopic (exact) mass is 433 g/mol. The highest BCUT2D eigenvalue weighted by Crippen LogP contribution is 2.22. The third kappa shape index (κ3) is 4.82. The molecule has 3 aromatic carbocycles. The largest absolute Gasteiger partial charge is 0.497 e. The fraction of sp³-hybridized carbons (Fsp3) is 0.0417. The lowest BCUT2D eigenvalue weighted by Gasteiger charge is -2.05. The Bertz CT molecular complexity index is 1180. The number of methoxy groups -OCH3 is 1. The molecular formula is C24H16ClNO5. The normalized spacial score (nSPS) is 14.2. The lowest BCUT2D eigenvalue weighted by atomic mass is 10.2. The third-order valence-electron chi connectivity index (χ3n) is 4.43. The molecule has 7 heteroatoms. The summed E-state index contributed by atoms with van der Waals surface area (Å²) in [6, 6.07) is 20.2. The first kappa shape index (κ1) is 20.4. The first-order valence-corrected chi connectivity index (χ1v) is 9.64. The number of halogens is 1. The molecule has 0 aliphatic carbocycles. The molecule has 3 aromatic rings. The molecule has 0 bridgehead atoms. The van der Waals surface area contributed by atoms with Crippen LogP contribution in [0.15, 0.2) is 83.5 Å². The Morgan fingerprint density at radius 1 is 0.935 bits per heavy atom. The summed E-state index contributed by atoms with van der Waals surface area (Å²) in [4.78, 5) is 28.6. The molecule has 4 rings (SSSR count). The zero-order valence-electron chi connectivity index (χ0n) is 16.4. The van der Waals surface area contributed by atoms with Gasteiger partial charge in [0.15, 0.2) is 5.70 Å². The average molecular weight is 434 g/mol. The van der Waals surface area contributed by atoms with Crippen LogP contribution >= 0.6 is 11.6 Å². The van der Waals surface area contributed by atoms with Crippen LogP contribution in [0.3, 0.4) is 0 Å². The molecular weight excluding hydrogens is 418 g/mol. The van der Waals surface area contributed by atoms with E-state index >= 15 is 0 Å². The number of carbonyl (C=O) groups is 2. The molecule has 0 spiro atoms. The quantitative estimate of drug-likeness (QED) is 0.324. The van der Waals surface area contributed by atoms with Crippen LogP contribution in [0.2, 0.25) is 5.02 Å². The maximum atomic E-state index is 12.2. The number of nitrogens with zero attached hydrogens (tertiary/aromatic N) is 1. The number of aliphatic imine (C=N–C) groups is 1. The molecule has 0 radical (unpaired) electrons. The van der Waals surface area contributed by atoms with Gasteiger partial charge in [0.1, 0.15) is 11.5 Å². The van der Waals surface area contributed by atoms with Gasteiger partial charge >= 0.3 is 11.9 Å². The molecule has 1 aliphatic rings. The Balaban J connectivity index is 1.47. The predicted molar refractivity (Wildman–Crippen MR) is 116 cm³/mol. The van der Waals surface area contributed by atoms with Crippen molar-refractivity contribution in [1.29, 1.82) is 0 Å². The fourth-order valence-corrected chi connectivity index (χ4v) is 2.93. The number of hydrogen-bond donors (Lipinski definition) is 0. The van der Waals surface area contributed by atoms with Gasteiger partial charge in [-0.05, 0) is 72.3 Å². The van der Waals surface area contributed by atoms with Gasteiger partial charge in [0, 0.05) is 10.6 Å². The predicted octanol–water partition coefficient (Wildman–Crippen LogP) is 4.91. The van der Waals surface area contributed by atoms with E-state index in [1.165, 1.54) is 0 Å². The highest BCUT2D eigenvalue weighted by Gasteiger charge is 2.24. The lowest BCUT2D eigenvalue weighted by Crippen LogP contribution is -2.08. The van der Waals surface area contributed by atoms with Crippen molar-refractivity contribution in [2.75, 3.05) is 7.11 Å². The summed E-state index contributed by atoms with van der Waals surface area (Å²) in [5.74, 6) is 0.271. The second-order valence-electron chi connectivity index (χ2n) is 6.53. The van der Waals surface area contributed by atoms with E-state index in [0.29, 0.717) is 33.2 Å². The van der Waals surface area contributed by atoms with Gasteiger partial charge in [-0.3, -0.25) is 0 Å². The smallest absolute Gasteiger partial charge is 0.363 e. The van der Waals surface area contributed by atoms with Crippen LogP contribution in [0, 0.1) is 0 Å². The van der Waals surface area contributed by atoms with Crippen LogP contribution in [-0.4, -0.2) is 24.9 Å². The molecule has 0 aromatic heterocycles. The van der Waals surface area contributed by atoms with Crippen LogP contribution in [0.1, 0.15) is 21.5 Å². The Morgan fingerprint density at radius 3 is 2.23 bits per heavy atom. The van der Waals surface area contributed by atoms with Crippen molar-refractivity contribution in [2.45, 2.75) is 0 Å². The van der Waals surface area contributed by atoms with Crippen molar-refractivity contribution >= 4 is 35.5 Å². The molecule has 0 unspecified atom stereocenters. The number of rotatable bonds is 5. The third-order valence-corrected chi connectivity index (χ3v) is 4.68. The number of hydrogen-bond acceptors (Lipinski definition) is 6. The minimum absolute atomic E-state index is 0.178. The molecule has 1 aliphatic heterocycles. The summed E-state index contributed by atoms with van der Waals surface area (Å²) >= 11 is 5.83. The van der Waals surface area contributed by atoms with E-state index in [0.717, 1.165) is 0 Å². The van der Waals surface area contributed by atoms with Gasteiger partial charge in [0.25, 0.3) is 0 Å². The number of esters is 2. The summed E-state index contributed by atoms with van der Waals surface area (Å²) < 4.78 is 15.7. The van der Waals surface area contributed by atoms with Gasteiger partial charge in [-0.2, -0.15) is 0 Å². The second kappa shape index (κ2) is 8.85. The van der Waals surface area contributed by atoms with Crippen LogP contribution < -0.4 is 9.47 Å². The first-order chi connectivity index (χ1) is 15.0. The second-order valence-corrected chi connectivity index (χ2v) is 6.97. The van der Waals surface area contributed by atoms with Crippen molar-refractivity contribution < 1.29 is 23.8 Å². The molecule has 0 saturated carbocycles. The summed E-state index contributed by atoms with van der Waals surface area (Å²) in [5, 5.41) is 0.539. The van der Waals surface area contributed by atoms with Crippen LogP contribution in [-0.2, 0) is 9.53 Å². The van der Waals surface area contributed by atoms with Crippen molar-refractivity contribution in [1.82, 2.24) is 0 Å². The van der Waals surface area contributed by atoms with Gasteiger partial charge < -0.3 is 14.2 Å². The Kier molecular flexibility index (Phi) is 5.82. The Morgan fingerprint density at radius 2 is 1.58 bits per heavy atom. The molecule has 1 heterocycles. The lowest BCUT2D eigenvalue weighted by molar-refractivity contribution is -0.129. The number of cyclic esters (lactones) is 1. The molecule has 6 nitrogen and oxygen atoms in total. The van der Waals surface area contributed by atoms with Gasteiger partial charge in [0.2, 0.25) is 5.90 Å². The molecule has 0 saturated heterocycles. The van der Waals surface area contributed by atoms with E-state index in [2.05, 4.69) is 4.99 Å². The molecule has 0 N–H and O–H groups in total. The van der Waals surface area contributed by atoms with Crippen molar-refractivity contribution in [3.8, 4) is 11.5 Å². The van der Waals surface area contributed by atoms with E-state index in [-0.39, 0.29) is 11.6 Å². The number of carbonyl (C=O) groups excluding carboxylic acids is 2. The Labute approximate surface area is 183 Å². The number of ether oxygens (including phenoxy) is 3. The van der Waals surface area contributed by atoms with Gasteiger partial charge in [-0.1, -0.05) is 23.7 Å². The van der Waals surface area contributed by atoms with Crippen LogP contribution in [0.4, 0.5) is 0 Å². The van der Waals surface area contributed by atoms with Crippen molar-refractivity contribution in [3.05, 3.63) is 100 Å². The highest BCUT2D eigenvalue weighted by molar-refractivity contribution is 6.30. The minimum atomic E-state index is -0.538. The molecule has 154 valence electrons.